The molecule has 0 radical (unpaired) electrons. The molecule has 0 saturated carbocycles. The van der Waals surface area contributed by atoms with Gasteiger partial charge in [0.05, 0.1) is 5.00 Å². The second-order valence-corrected chi connectivity index (χ2v) is 5.13. The van der Waals surface area contributed by atoms with Gasteiger partial charge >= 0.3 is 0 Å². The van der Waals surface area contributed by atoms with Crippen molar-refractivity contribution < 1.29 is 5.11 Å². The molecule has 1 aliphatic heterocycles. The van der Waals surface area contributed by atoms with Gasteiger partial charge in [0.1, 0.15) is 0 Å². The Hall–Kier alpha value is -1.10. The number of hydrogen-bond donors (Lipinski definition) is 2. The lowest BCUT2D eigenvalue weighted by atomic mass is 10.2. The van der Waals surface area contributed by atoms with E-state index in [0.29, 0.717) is 6.42 Å². The molecule has 4 heteroatoms. The van der Waals surface area contributed by atoms with Crippen molar-refractivity contribution in [3.8, 4) is 0 Å². The smallest absolute Gasteiger partial charge is 0.0942 e. The van der Waals surface area contributed by atoms with E-state index in [9.17, 15) is 5.11 Å². The van der Waals surface area contributed by atoms with Crippen molar-refractivity contribution in [3.05, 3.63) is 41.3 Å². The summed E-state index contributed by atoms with van der Waals surface area (Å²) in [6, 6.07) is 10.3. The summed E-state index contributed by atoms with van der Waals surface area (Å²) in [6.45, 7) is 4.33. The summed E-state index contributed by atoms with van der Waals surface area (Å²) in [5, 5.41) is 16.0. The molecule has 1 fully saturated rings. The minimum atomic E-state index is 0.198. The molecule has 0 aliphatic carbocycles. The van der Waals surface area contributed by atoms with Crippen LogP contribution in [0.5, 0.6) is 0 Å². The summed E-state index contributed by atoms with van der Waals surface area (Å²) in [5.74, 6) is 0. The first-order valence-corrected chi connectivity index (χ1v) is 7.26. The molecule has 0 amide bonds. The topological polar surface area (TPSA) is 35.5 Å². The summed E-state index contributed by atoms with van der Waals surface area (Å²) < 4.78 is 0. The van der Waals surface area contributed by atoms with E-state index in [1.54, 1.807) is 11.3 Å². The van der Waals surface area contributed by atoms with Crippen molar-refractivity contribution in [1.82, 2.24) is 5.32 Å². The second kappa shape index (κ2) is 7.36. The lowest BCUT2D eigenvalue weighted by Gasteiger charge is -2.29. The zero-order valence-corrected chi connectivity index (χ0v) is 11.3. The zero-order valence-electron chi connectivity index (χ0n) is 10.5. The SMILES string of the molecule is OCCc1ccccccsc1N1CCNCC1. The molecule has 1 aromatic heterocycles. The summed E-state index contributed by atoms with van der Waals surface area (Å²) in [4.78, 5) is 2.41. The van der Waals surface area contributed by atoms with Gasteiger partial charge in [0.25, 0.3) is 0 Å². The Morgan fingerprint density at radius 3 is 2.72 bits per heavy atom. The van der Waals surface area contributed by atoms with Gasteiger partial charge in [-0.1, -0.05) is 30.3 Å². The molecular formula is C14H20N2OS. The maximum Gasteiger partial charge on any atom is 0.0942 e. The highest BCUT2D eigenvalue weighted by Gasteiger charge is 2.13. The largest absolute Gasteiger partial charge is 0.396 e. The van der Waals surface area contributed by atoms with Crippen LogP contribution in [0, 0.1) is 0 Å². The van der Waals surface area contributed by atoms with E-state index in [4.69, 9.17) is 0 Å². The van der Waals surface area contributed by atoms with Crippen molar-refractivity contribution >= 4 is 16.3 Å². The average Bonchev–Trinajstić information content (AvgIpc) is 2.52. The fourth-order valence-corrected chi connectivity index (χ4v) is 3.00. The van der Waals surface area contributed by atoms with Gasteiger partial charge in [-0.05, 0) is 17.4 Å². The number of nitrogens with one attached hydrogen (secondary N) is 1. The van der Waals surface area contributed by atoms with Gasteiger partial charge in [-0.2, -0.15) is 0 Å². The van der Waals surface area contributed by atoms with Crippen molar-refractivity contribution in [1.29, 1.82) is 0 Å². The molecular weight excluding hydrogens is 244 g/mol. The van der Waals surface area contributed by atoms with E-state index in [1.807, 2.05) is 18.2 Å². The Morgan fingerprint density at radius 2 is 1.94 bits per heavy atom. The Kier molecular flexibility index (Phi) is 5.45. The number of aliphatic hydroxyl groups is 1. The first-order valence-electron chi connectivity index (χ1n) is 6.38. The third-order valence-electron chi connectivity index (χ3n) is 2.95. The van der Waals surface area contributed by atoms with Gasteiger partial charge in [-0.15, -0.1) is 11.3 Å². The number of nitrogens with zero attached hydrogens (tertiary/aromatic N) is 1. The van der Waals surface area contributed by atoms with E-state index in [1.165, 1.54) is 10.6 Å². The van der Waals surface area contributed by atoms with Gasteiger partial charge in [0.2, 0.25) is 0 Å². The van der Waals surface area contributed by atoms with E-state index in [2.05, 4.69) is 27.7 Å². The Balaban J connectivity index is 2.38. The summed E-state index contributed by atoms with van der Waals surface area (Å²) in [7, 11) is 0. The molecule has 0 spiro atoms. The van der Waals surface area contributed by atoms with Crippen molar-refractivity contribution in [3.63, 3.8) is 0 Å². The highest BCUT2D eigenvalue weighted by atomic mass is 32.1. The van der Waals surface area contributed by atoms with E-state index >= 15 is 0 Å². The molecule has 2 rings (SSSR count). The van der Waals surface area contributed by atoms with Gasteiger partial charge in [0, 0.05) is 32.8 Å². The van der Waals surface area contributed by atoms with Crippen molar-refractivity contribution in [2.45, 2.75) is 6.42 Å². The standard InChI is InChI=1S/C14H20N2OS/c17-11-6-13-5-3-1-2-4-12-18-14(13)16-9-7-15-8-10-16/h1-5,12,15,17H,6-11H2. The number of anilines is 1. The van der Waals surface area contributed by atoms with E-state index in [0.717, 1.165) is 26.2 Å². The summed E-state index contributed by atoms with van der Waals surface area (Å²) in [5.41, 5.74) is 1.22. The van der Waals surface area contributed by atoms with Gasteiger partial charge in [-0.3, -0.25) is 0 Å². The first kappa shape index (κ1) is 13.3. The maximum absolute atomic E-state index is 9.22. The van der Waals surface area contributed by atoms with Crippen LogP contribution in [0.15, 0.2) is 35.7 Å². The summed E-state index contributed by atoms with van der Waals surface area (Å²) >= 11 is 1.75. The Morgan fingerprint density at radius 1 is 1.17 bits per heavy atom. The number of rotatable bonds is 3. The van der Waals surface area contributed by atoms with Gasteiger partial charge in [0.15, 0.2) is 0 Å². The van der Waals surface area contributed by atoms with E-state index < -0.39 is 0 Å². The zero-order chi connectivity index (χ0) is 12.6. The van der Waals surface area contributed by atoms with Crippen LogP contribution in [0.1, 0.15) is 5.56 Å². The highest BCUT2D eigenvalue weighted by molar-refractivity contribution is 7.13. The minimum Gasteiger partial charge on any atom is -0.396 e. The van der Waals surface area contributed by atoms with Crippen LogP contribution < -0.4 is 10.2 Å². The van der Waals surface area contributed by atoms with Crippen molar-refractivity contribution in [2.75, 3.05) is 37.7 Å². The Labute approximate surface area is 112 Å². The predicted molar refractivity (Wildman–Crippen MR) is 77.8 cm³/mol. The molecule has 0 bridgehead atoms. The normalized spacial score (nSPS) is 15.3. The fourth-order valence-electron chi connectivity index (χ4n) is 2.05. The molecule has 1 saturated heterocycles. The first-order chi connectivity index (χ1) is 8.92. The molecule has 1 aromatic rings. The van der Waals surface area contributed by atoms with E-state index in [-0.39, 0.29) is 6.61 Å². The monoisotopic (exact) mass is 264 g/mol. The molecule has 18 heavy (non-hydrogen) atoms. The van der Waals surface area contributed by atoms with Crippen LogP contribution in [0.3, 0.4) is 0 Å². The quantitative estimate of drug-likeness (QED) is 0.874. The molecule has 1 aliphatic rings. The number of piperazine rings is 1. The van der Waals surface area contributed by atoms with Crippen LogP contribution in [0.25, 0.3) is 0 Å². The molecule has 0 aromatic carbocycles. The third-order valence-corrected chi connectivity index (χ3v) is 3.99. The molecule has 98 valence electrons. The molecule has 2 N–H and O–H groups in total. The van der Waals surface area contributed by atoms with Crippen LogP contribution in [0.4, 0.5) is 5.00 Å². The molecule has 2 heterocycles. The van der Waals surface area contributed by atoms with Crippen LogP contribution >= 0.6 is 11.3 Å². The number of hydrogen-bond acceptors (Lipinski definition) is 4. The predicted octanol–water partition coefficient (Wildman–Crippen LogP) is 1.82. The summed E-state index contributed by atoms with van der Waals surface area (Å²) in [6.07, 6.45) is 0.713. The molecule has 0 atom stereocenters. The number of aliphatic hydroxyl groups excluding tert-OH is 1. The Bertz CT molecular complexity index is 412. The van der Waals surface area contributed by atoms with Gasteiger partial charge < -0.3 is 15.3 Å². The highest BCUT2D eigenvalue weighted by Crippen LogP contribution is 2.24. The second-order valence-electron chi connectivity index (χ2n) is 4.23. The lowest BCUT2D eigenvalue weighted by molar-refractivity contribution is 0.299. The minimum absolute atomic E-state index is 0.198. The molecule has 3 nitrogen and oxygen atoms in total. The molecule has 0 unspecified atom stereocenters. The third kappa shape index (κ3) is 3.70. The van der Waals surface area contributed by atoms with Crippen LogP contribution in [-0.4, -0.2) is 37.9 Å². The maximum atomic E-state index is 9.22. The van der Waals surface area contributed by atoms with Crippen LogP contribution in [-0.2, 0) is 6.42 Å². The lowest BCUT2D eigenvalue weighted by Crippen LogP contribution is -2.43. The van der Waals surface area contributed by atoms with Crippen molar-refractivity contribution in [2.24, 2.45) is 0 Å². The fraction of sp³-hybridized carbons (Fsp3) is 0.429. The van der Waals surface area contributed by atoms with Crippen LogP contribution in [0.2, 0.25) is 0 Å². The van der Waals surface area contributed by atoms with Gasteiger partial charge in [-0.25, -0.2) is 0 Å². The average molecular weight is 264 g/mol.